The average Bonchev–Trinajstić information content (AvgIpc) is 2.29. The number of carboxylic acid groups (broad SMARTS) is 1. The van der Waals surface area contributed by atoms with Gasteiger partial charge in [0.2, 0.25) is 5.91 Å². The van der Waals surface area contributed by atoms with Crippen LogP contribution in [0.5, 0.6) is 0 Å². The van der Waals surface area contributed by atoms with Crippen LogP contribution in [0.25, 0.3) is 0 Å². The number of carboxylic acids is 1. The predicted molar refractivity (Wildman–Crippen MR) is 72.6 cm³/mol. The van der Waals surface area contributed by atoms with Crippen molar-refractivity contribution >= 4 is 23.6 Å². The SMILES string of the molecule is CC(C)NC(=O)CSC(C(=O)O)c1ccccc1. The van der Waals surface area contributed by atoms with Gasteiger partial charge in [0.25, 0.3) is 0 Å². The van der Waals surface area contributed by atoms with Crippen molar-refractivity contribution in [1.82, 2.24) is 5.32 Å². The molecule has 0 heterocycles. The van der Waals surface area contributed by atoms with Crippen LogP contribution in [0, 0.1) is 0 Å². The van der Waals surface area contributed by atoms with Crippen LogP contribution < -0.4 is 5.32 Å². The Morgan fingerprint density at radius 1 is 1.28 bits per heavy atom. The number of benzene rings is 1. The minimum absolute atomic E-state index is 0.0677. The van der Waals surface area contributed by atoms with E-state index in [9.17, 15) is 9.59 Å². The van der Waals surface area contributed by atoms with Gasteiger partial charge in [-0.2, -0.15) is 0 Å². The van der Waals surface area contributed by atoms with Crippen LogP contribution >= 0.6 is 11.8 Å². The Bertz CT molecular complexity index is 406. The zero-order valence-corrected chi connectivity index (χ0v) is 11.2. The highest BCUT2D eigenvalue weighted by atomic mass is 32.2. The maximum atomic E-state index is 11.5. The van der Waals surface area contributed by atoms with Gasteiger partial charge in [-0.05, 0) is 19.4 Å². The first-order valence-corrected chi connectivity index (χ1v) is 6.74. The van der Waals surface area contributed by atoms with Gasteiger partial charge in [0, 0.05) is 6.04 Å². The molecule has 0 fully saturated rings. The van der Waals surface area contributed by atoms with Gasteiger partial charge in [-0.15, -0.1) is 11.8 Å². The Labute approximate surface area is 111 Å². The summed E-state index contributed by atoms with van der Waals surface area (Å²) >= 11 is 1.12. The number of rotatable bonds is 6. The lowest BCUT2D eigenvalue weighted by Crippen LogP contribution is -2.32. The van der Waals surface area contributed by atoms with E-state index in [1.54, 1.807) is 24.3 Å². The Hall–Kier alpha value is -1.49. The molecule has 1 aromatic rings. The zero-order chi connectivity index (χ0) is 13.5. The van der Waals surface area contributed by atoms with E-state index in [1.165, 1.54) is 0 Å². The first-order valence-electron chi connectivity index (χ1n) is 5.69. The van der Waals surface area contributed by atoms with E-state index < -0.39 is 11.2 Å². The molecule has 5 heteroatoms. The van der Waals surface area contributed by atoms with E-state index in [2.05, 4.69) is 5.32 Å². The van der Waals surface area contributed by atoms with Crippen molar-refractivity contribution in [1.29, 1.82) is 0 Å². The first kappa shape index (κ1) is 14.6. The second-order valence-corrected chi connectivity index (χ2v) is 5.26. The fourth-order valence-corrected chi connectivity index (χ4v) is 2.35. The Morgan fingerprint density at radius 3 is 2.39 bits per heavy atom. The third-order valence-electron chi connectivity index (χ3n) is 2.16. The number of carbonyl (C=O) groups excluding carboxylic acids is 1. The van der Waals surface area contributed by atoms with Crippen LogP contribution in [-0.4, -0.2) is 28.8 Å². The van der Waals surface area contributed by atoms with Gasteiger partial charge >= 0.3 is 5.97 Å². The Balaban J connectivity index is 2.60. The highest BCUT2D eigenvalue weighted by molar-refractivity contribution is 8.00. The van der Waals surface area contributed by atoms with Crippen LogP contribution in [0.3, 0.4) is 0 Å². The molecule has 1 rings (SSSR count). The first-order chi connectivity index (χ1) is 8.50. The minimum Gasteiger partial charge on any atom is -0.480 e. The molecule has 1 atom stereocenters. The third kappa shape index (κ3) is 4.79. The Kier molecular flexibility index (Phi) is 5.71. The molecule has 4 nitrogen and oxygen atoms in total. The number of aliphatic carboxylic acids is 1. The maximum Gasteiger partial charge on any atom is 0.321 e. The lowest BCUT2D eigenvalue weighted by molar-refractivity contribution is -0.136. The molecule has 1 unspecified atom stereocenters. The molecule has 2 N–H and O–H groups in total. The summed E-state index contributed by atoms with van der Waals surface area (Å²) in [6, 6.07) is 9.00. The highest BCUT2D eigenvalue weighted by Crippen LogP contribution is 2.28. The van der Waals surface area contributed by atoms with Gasteiger partial charge in [-0.25, -0.2) is 0 Å². The summed E-state index contributed by atoms with van der Waals surface area (Å²) < 4.78 is 0. The van der Waals surface area contributed by atoms with Gasteiger partial charge in [0.05, 0.1) is 5.75 Å². The molecular weight excluding hydrogens is 250 g/mol. The minimum atomic E-state index is -0.927. The van der Waals surface area contributed by atoms with Crippen LogP contribution in [0.4, 0.5) is 0 Å². The maximum absolute atomic E-state index is 11.5. The van der Waals surface area contributed by atoms with Gasteiger partial charge < -0.3 is 10.4 Å². The van der Waals surface area contributed by atoms with E-state index >= 15 is 0 Å². The monoisotopic (exact) mass is 267 g/mol. The second kappa shape index (κ2) is 7.06. The van der Waals surface area contributed by atoms with E-state index in [1.807, 2.05) is 19.9 Å². The topological polar surface area (TPSA) is 66.4 Å². The molecule has 18 heavy (non-hydrogen) atoms. The molecule has 0 saturated carbocycles. The highest BCUT2D eigenvalue weighted by Gasteiger charge is 2.21. The molecule has 0 saturated heterocycles. The number of thioether (sulfide) groups is 1. The van der Waals surface area contributed by atoms with E-state index in [4.69, 9.17) is 5.11 Å². The standard InChI is InChI=1S/C13H17NO3S/c1-9(2)14-11(15)8-18-12(13(16)17)10-6-4-3-5-7-10/h3-7,9,12H,8H2,1-2H3,(H,14,15)(H,16,17). The van der Waals surface area contributed by atoms with Crippen molar-refractivity contribution < 1.29 is 14.7 Å². The fraction of sp³-hybridized carbons (Fsp3) is 0.385. The van der Waals surface area contributed by atoms with Gasteiger partial charge in [0.15, 0.2) is 0 Å². The molecule has 0 aliphatic carbocycles. The molecule has 98 valence electrons. The normalized spacial score (nSPS) is 12.2. The molecule has 0 spiro atoms. The lowest BCUT2D eigenvalue weighted by atomic mass is 10.1. The molecule has 0 aliphatic heterocycles. The number of carbonyl (C=O) groups is 2. The van der Waals surface area contributed by atoms with E-state index in [0.29, 0.717) is 5.56 Å². The van der Waals surface area contributed by atoms with Crippen molar-refractivity contribution in [3.63, 3.8) is 0 Å². The fourth-order valence-electron chi connectivity index (χ4n) is 1.46. The van der Waals surface area contributed by atoms with Crippen LogP contribution in [0.1, 0.15) is 24.7 Å². The van der Waals surface area contributed by atoms with Crippen molar-refractivity contribution in [2.24, 2.45) is 0 Å². The molecule has 0 aromatic heterocycles. The van der Waals surface area contributed by atoms with Gasteiger partial charge in [-0.1, -0.05) is 30.3 Å². The number of hydrogen-bond donors (Lipinski definition) is 2. The molecule has 1 aromatic carbocycles. The lowest BCUT2D eigenvalue weighted by Gasteiger charge is -2.13. The van der Waals surface area contributed by atoms with Crippen molar-refractivity contribution in [2.75, 3.05) is 5.75 Å². The number of amides is 1. The second-order valence-electron chi connectivity index (χ2n) is 4.16. The molecular formula is C13H17NO3S. The summed E-state index contributed by atoms with van der Waals surface area (Å²) in [6.45, 7) is 3.74. The predicted octanol–water partition coefficient (Wildman–Crippen LogP) is 2.07. The third-order valence-corrected chi connectivity index (χ3v) is 3.39. The van der Waals surface area contributed by atoms with Gasteiger partial charge in [-0.3, -0.25) is 9.59 Å². The molecule has 0 bridgehead atoms. The van der Waals surface area contributed by atoms with E-state index in [0.717, 1.165) is 11.8 Å². The summed E-state index contributed by atoms with van der Waals surface area (Å²) in [5.74, 6) is -0.926. The molecule has 1 amide bonds. The van der Waals surface area contributed by atoms with E-state index in [-0.39, 0.29) is 17.7 Å². The number of hydrogen-bond acceptors (Lipinski definition) is 3. The summed E-state index contributed by atoms with van der Waals surface area (Å²) in [4.78, 5) is 22.7. The summed E-state index contributed by atoms with van der Waals surface area (Å²) in [5.41, 5.74) is 0.701. The smallest absolute Gasteiger partial charge is 0.321 e. The average molecular weight is 267 g/mol. The summed E-state index contributed by atoms with van der Waals surface area (Å²) in [6.07, 6.45) is 0. The van der Waals surface area contributed by atoms with Crippen LogP contribution in [-0.2, 0) is 9.59 Å². The molecule has 0 aliphatic rings. The summed E-state index contributed by atoms with van der Waals surface area (Å²) in [5, 5.41) is 11.2. The van der Waals surface area contributed by atoms with Crippen LogP contribution in [0.2, 0.25) is 0 Å². The number of nitrogens with one attached hydrogen (secondary N) is 1. The largest absolute Gasteiger partial charge is 0.480 e. The Morgan fingerprint density at radius 2 is 1.89 bits per heavy atom. The summed E-state index contributed by atoms with van der Waals surface area (Å²) in [7, 11) is 0. The van der Waals surface area contributed by atoms with Crippen LogP contribution in [0.15, 0.2) is 30.3 Å². The molecule has 0 radical (unpaired) electrons. The zero-order valence-electron chi connectivity index (χ0n) is 10.4. The quantitative estimate of drug-likeness (QED) is 0.828. The van der Waals surface area contributed by atoms with Crippen molar-refractivity contribution in [3.05, 3.63) is 35.9 Å². The van der Waals surface area contributed by atoms with Crippen molar-refractivity contribution in [2.45, 2.75) is 25.1 Å². The van der Waals surface area contributed by atoms with Gasteiger partial charge in [0.1, 0.15) is 5.25 Å². The van der Waals surface area contributed by atoms with Crippen molar-refractivity contribution in [3.8, 4) is 0 Å².